The molecule has 3 aromatic rings. The molecule has 2 aliphatic heterocycles. The van der Waals surface area contributed by atoms with Crippen LogP contribution in [0.5, 0.6) is 0 Å². The van der Waals surface area contributed by atoms with Crippen LogP contribution in [0.25, 0.3) is 11.3 Å². The molecular weight excluding hydrogens is 539 g/mol. The van der Waals surface area contributed by atoms with Crippen molar-refractivity contribution in [2.24, 2.45) is 0 Å². The summed E-state index contributed by atoms with van der Waals surface area (Å²) in [7, 11) is 0. The highest BCUT2D eigenvalue weighted by Crippen LogP contribution is 2.28. The molecule has 2 aromatic carbocycles. The Labute approximate surface area is 214 Å². The van der Waals surface area contributed by atoms with Gasteiger partial charge in [0, 0.05) is 72.6 Å². The first-order valence-corrected chi connectivity index (χ1v) is 12.9. The van der Waals surface area contributed by atoms with E-state index in [1.807, 2.05) is 28.9 Å². The highest BCUT2D eigenvalue weighted by Gasteiger charge is 2.25. The third kappa shape index (κ3) is 4.98. The van der Waals surface area contributed by atoms with Crippen LogP contribution in [0.15, 0.2) is 48.5 Å². The number of hydrogen-bond donors (Lipinski definition) is 2. The molecule has 2 N–H and O–H groups in total. The number of halogens is 1. The number of aliphatic hydroxyl groups is 1. The number of nitrogens with zero attached hydrogens (tertiary/aromatic N) is 5. The zero-order chi connectivity index (χ0) is 23.5. The summed E-state index contributed by atoms with van der Waals surface area (Å²) in [6.45, 7) is 6.32. The molecule has 1 aromatic heterocycles. The van der Waals surface area contributed by atoms with Crippen LogP contribution < -0.4 is 10.2 Å². The largest absolute Gasteiger partial charge is 0.390 e. The molecule has 0 aliphatic carbocycles. The third-order valence-electron chi connectivity index (χ3n) is 6.71. The van der Waals surface area contributed by atoms with Crippen molar-refractivity contribution in [3.63, 3.8) is 0 Å². The maximum Gasteiger partial charge on any atom is 0.101 e. The number of aromatic nitrogens is 2. The van der Waals surface area contributed by atoms with Crippen molar-refractivity contribution in [3.8, 4) is 17.3 Å². The number of β-amino-alcohol motifs (C(OH)–C–C–N with tert-alkyl or cyclic N) is 1. The van der Waals surface area contributed by atoms with Crippen LogP contribution >= 0.6 is 22.6 Å². The van der Waals surface area contributed by atoms with Gasteiger partial charge in [0.2, 0.25) is 0 Å². The number of anilines is 1. The maximum atomic E-state index is 11.0. The molecule has 2 aliphatic rings. The summed E-state index contributed by atoms with van der Waals surface area (Å²) in [5, 5.41) is 28.8. The molecule has 5 rings (SSSR count). The van der Waals surface area contributed by atoms with E-state index in [0.29, 0.717) is 13.1 Å². The standard InChI is InChI=1S/C26H29IN6O/c27-21-7-5-19(6-8-21)26-23-16-29-10-9-25(23)33(30-26)18-22(34)17-31-11-13-32(14-12-31)24-4-2-1-3-20(24)15-28/h1-8,22,29,34H,9-14,16-18H2. The van der Waals surface area contributed by atoms with Gasteiger partial charge in [0.1, 0.15) is 6.07 Å². The van der Waals surface area contributed by atoms with E-state index in [0.717, 1.165) is 68.2 Å². The predicted octanol–water partition coefficient (Wildman–Crippen LogP) is 2.86. The molecule has 3 heterocycles. The third-order valence-corrected chi connectivity index (χ3v) is 7.43. The lowest BCUT2D eigenvalue weighted by atomic mass is 10.0. The first kappa shape index (κ1) is 23.3. The zero-order valence-corrected chi connectivity index (χ0v) is 21.3. The van der Waals surface area contributed by atoms with E-state index < -0.39 is 6.10 Å². The lowest BCUT2D eigenvalue weighted by molar-refractivity contribution is 0.0912. The lowest BCUT2D eigenvalue weighted by Gasteiger charge is -2.37. The Morgan fingerprint density at radius 2 is 1.82 bits per heavy atom. The zero-order valence-electron chi connectivity index (χ0n) is 19.1. The minimum Gasteiger partial charge on any atom is -0.390 e. The number of piperazine rings is 1. The van der Waals surface area contributed by atoms with Gasteiger partial charge < -0.3 is 15.3 Å². The quantitative estimate of drug-likeness (QED) is 0.446. The Morgan fingerprint density at radius 1 is 1.06 bits per heavy atom. The summed E-state index contributed by atoms with van der Waals surface area (Å²) >= 11 is 2.32. The van der Waals surface area contributed by atoms with Gasteiger partial charge in [-0.15, -0.1) is 0 Å². The number of fused-ring (bicyclic) bond motifs is 1. The van der Waals surface area contributed by atoms with Gasteiger partial charge >= 0.3 is 0 Å². The fourth-order valence-corrected chi connectivity index (χ4v) is 5.34. The topological polar surface area (TPSA) is 80.3 Å². The Hall–Kier alpha value is -2.45. The van der Waals surface area contributed by atoms with E-state index in [-0.39, 0.29) is 0 Å². The van der Waals surface area contributed by atoms with Crippen molar-refractivity contribution in [1.82, 2.24) is 20.0 Å². The van der Waals surface area contributed by atoms with Gasteiger partial charge in [-0.05, 0) is 46.9 Å². The monoisotopic (exact) mass is 568 g/mol. The molecular formula is C26H29IN6O. The summed E-state index contributed by atoms with van der Waals surface area (Å²) in [5.74, 6) is 0. The van der Waals surface area contributed by atoms with Gasteiger partial charge in [-0.1, -0.05) is 24.3 Å². The average molecular weight is 568 g/mol. The van der Waals surface area contributed by atoms with Crippen LogP contribution in [0.3, 0.4) is 0 Å². The van der Waals surface area contributed by atoms with Gasteiger partial charge in [-0.25, -0.2) is 0 Å². The van der Waals surface area contributed by atoms with Crippen molar-refractivity contribution < 1.29 is 5.11 Å². The summed E-state index contributed by atoms with van der Waals surface area (Å²) in [4.78, 5) is 4.58. The van der Waals surface area contributed by atoms with Gasteiger partial charge in [-0.2, -0.15) is 10.4 Å². The summed E-state index contributed by atoms with van der Waals surface area (Å²) in [5.41, 5.74) is 6.37. The minimum absolute atomic E-state index is 0.485. The molecule has 1 atom stereocenters. The van der Waals surface area contributed by atoms with E-state index in [1.165, 1.54) is 14.8 Å². The number of nitriles is 1. The summed E-state index contributed by atoms with van der Waals surface area (Å²) in [6, 6.07) is 18.6. The fourth-order valence-electron chi connectivity index (χ4n) is 4.98. The maximum absolute atomic E-state index is 11.0. The van der Waals surface area contributed by atoms with E-state index in [9.17, 15) is 10.4 Å². The molecule has 176 valence electrons. The van der Waals surface area contributed by atoms with Crippen molar-refractivity contribution in [1.29, 1.82) is 5.26 Å². The van der Waals surface area contributed by atoms with Crippen molar-refractivity contribution in [3.05, 3.63) is 68.9 Å². The molecule has 0 spiro atoms. The Balaban J connectivity index is 1.24. The van der Waals surface area contributed by atoms with Crippen LogP contribution in [-0.2, 0) is 19.5 Å². The second kappa shape index (κ2) is 10.4. The number of nitrogens with one attached hydrogen (secondary N) is 1. The average Bonchev–Trinajstić information content (AvgIpc) is 3.23. The normalized spacial score (nSPS) is 17.3. The summed E-state index contributed by atoms with van der Waals surface area (Å²) in [6.07, 6.45) is 0.442. The van der Waals surface area contributed by atoms with Crippen LogP contribution in [0, 0.1) is 14.9 Å². The Morgan fingerprint density at radius 3 is 2.59 bits per heavy atom. The smallest absolute Gasteiger partial charge is 0.101 e. The second-order valence-corrected chi connectivity index (χ2v) is 10.2. The molecule has 7 nitrogen and oxygen atoms in total. The molecule has 0 amide bonds. The number of para-hydroxylation sites is 1. The van der Waals surface area contributed by atoms with E-state index >= 15 is 0 Å². The lowest BCUT2D eigenvalue weighted by Crippen LogP contribution is -2.49. The van der Waals surface area contributed by atoms with E-state index in [1.54, 1.807) is 0 Å². The molecule has 0 bridgehead atoms. The molecule has 1 saturated heterocycles. The predicted molar refractivity (Wildman–Crippen MR) is 142 cm³/mol. The Bertz CT molecular complexity index is 1180. The highest BCUT2D eigenvalue weighted by molar-refractivity contribution is 14.1. The fraction of sp³-hybridized carbons (Fsp3) is 0.385. The first-order chi connectivity index (χ1) is 16.6. The van der Waals surface area contributed by atoms with Gasteiger partial charge in [-0.3, -0.25) is 9.58 Å². The second-order valence-electron chi connectivity index (χ2n) is 8.96. The number of hydrogen-bond acceptors (Lipinski definition) is 6. The Kier molecular flexibility index (Phi) is 7.15. The highest BCUT2D eigenvalue weighted by atomic mass is 127. The van der Waals surface area contributed by atoms with E-state index in [2.05, 4.69) is 68.0 Å². The van der Waals surface area contributed by atoms with Crippen molar-refractivity contribution in [2.75, 3.05) is 44.2 Å². The minimum atomic E-state index is -0.485. The van der Waals surface area contributed by atoms with Gasteiger partial charge in [0.05, 0.1) is 29.6 Å². The summed E-state index contributed by atoms with van der Waals surface area (Å²) < 4.78 is 3.24. The molecule has 0 radical (unpaired) electrons. The molecule has 34 heavy (non-hydrogen) atoms. The van der Waals surface area contributed by atoms with Crippen LogP contribution in [0.2, 0.25) is 0 Å². The van der Waals surface area contributed by atoms with Crippen molar-refractivity contribution >= 4 is 28.3 Å². The molecule has 1 fully saturated rings. The van der Waals surface area contributed by atoms with Gasteiger partial charge in [0.15, 0.2) is 0 Å². The first-order valence-electron chi connectivity index (χ1n) is 11.8. The number of aliphatic hydroxyl groups excluding tert-OH is 1. The number of benzene rings is 2. The number of rotatable bonds is 6. The van der Waals surface area contributed by atoms with Crippen LogP contribution in [0.1, 0.15) is 16.8 Å². The molecule has 8 heteroatoms. The molecule has 0 saturated carbocycles. The van der Waals surface area contributed by atoms with Gasteiger partial charge in [0.25, 0.3) is 0 Å². The van der Waals surface area contributed by atoms with E-state index in [4.69, 9.17) is 5.10 Å². The van der Waals surface area contributed by atoms with Crippen molar-refractivity contribution in [2.45, 2.75) is 25.6 Å². The molecule has 1 unspecified atom stereocenters. The van der Waals surface area contributed by atoms with Crippen LogP contribution in [0.4, 0.5) is 5.69 Å². The SMILES string of the molecule is N#Cc1ccccc1N1CCN(CC(O)Cn2nc(-c3ccc(I)cc3)c3c2CCNC3)CC1. The van der Waals surface area contributed by atoms with Crippen LogP contribution in [-0.4, -0.2) is 65.2 Å².